The molecule has 4 heteroatoms. The molecule has 0 aliphatic carbocycles. The number of anilines is 1. The molecule has 1 amide bonds. The minimum Gasteiger partial charge on any atom is -0.322 e. The number of carbonyl (C=O) groups is 1. The lowest BCUT2D eigenvalue weighted by molar-refractivity contribution is 0.102. The molecule has 0 aliphatic rings. The van der Waals surface area contributed by atoms with E-state index in [9.17, 15) is 9.18 Å². The summed E-state index contributed by atoms with van der Waals surface area (Å²) < 4.78 is 15.8. The first-order chi connectivity index (χ1) is 12.1. The maximum Gasteiger partial charge on any atom is 0.256 e. The lowest BCUT2D eigenvalue weighted by Gasteiger charge is -2.14. The number of amides is 1. The molecule has 3 rings (SSSR count). The van der Waals surface area contributed by atoms with Crippen molar-refractivity contribution < 1.29 is 9.18 Å². The molecular formula is C21H17BrFNO. The summed E-state index contributed by atoms with van der Waals surface area (Å²) in [6.07, 6.45) is -1.03. The van der Waals surface area contributed by atoms with Gasteiger partial charge in [-0.3, -0.25) is 4.79 Å². The van der Waals surface area contributed by atoms with E-state index in [1.807, 2.05) is 42.5 Å². The average molecular weight is 398 g/mol. The van der Waals surface area contributed by atoms with Gasteiger partial charge in [-0.1, -0.05) is 64.5 Å². The zero-order valence-corrected chi connectivity index (χ0v) is 15.0. The van der Waals surface area contributed by atoms with Gasteiger partial charge in [-0.2, -0.15) is 0 Å². The topological polar surface area (TPSA) is 29.1 Å². The Labute approximate surface area is 154 Å². The maximum atomic E-state index is 14.9. The maximum absolute atomic E-state index is 14.9. The van der Waals surface area contributed by atoms with Crippen LogP contribution in [0.25, 0.3) is 0 Å². The van der Waals surface area contributed by atoms with Gasteiger partial charge in [-0.15, -0.1) is 0 Å². The third-order valence-electron chi connectivity index (χ3n) is 3.90. The summed E-state index contributed by atoms with van der Waals surface area (Å²) in [5.74, 6) is -0.305. The van der Waals surface area contributed by atoms with Crippen LogP contribution in [0.4, 0.5) is 10.1 Å². The van der Waals surface area contributed by atoms with Crippen molar-refractivity contribution in [3.63, 3.8) is 0 Å². The molecule has 0 saturated heterocycles. The summed E-state index contributed by atoms with van der Waals surface area (Å²) in [7, 11) is 0. The lowest BCUT2D eigenvalue weighted by atomic mass is 9.97. The normalized spacial score (nSPS) is 11.8. The fraction of sp³-hybridized carbons (Fsp3) is 0.0952. The monoisotopic (exact) mass is 397 g/mol. The molecule has 1 atom stereocenters. The molecule has 2 nitrogen and oxygen atoms in total. The number of para-hydroxylation sites is 1. The first kappa shape index (κ1) is 17.4. The Morgan fingerprint density at radius 2 is 1.56 bits per heavy atom. The molecule has 0 bridgehead atoms. The van der Waals surface area contributed by atoms with Gasteiger partial charge < -0.3 is 5.32 Å². The number of halogens is 2. The summed E-state index contributed by atoms with van der Waals surface area (Å²) >= 11 is 3.37. The molecule has 3 aromatic carbocycles. The van der Waals surface area contributed by atoms with Crippen LogP contribution in [0.3, 0.4) is 0 Å². The summed E-state index contributed by atoms with van der Waals surface area (Å²) in [6, 6.07) is 23.5. The fourth-order valence-corrected chi connectivity index (χ4v) is 2.90. The summed E-state index contributed by atoms with van der Waals surface area (Å²) in [5.41, 5.74) is 2.33. The van der Waals surface area contributed by atoms with E-state index in [2.05, 4.69) is 21.2 Å². The second kappa shape index (κ2) is 8.08. The number of benzene rings is 3. The highest BCUT2D eigenvalue weighted by Crippen LogP contribution is 2.27. The van der Waals surface area contributed by atoms with Crippen LogP contribution >= 0.6 is 15.9 Å². The Hall–Kier alpha value is -2.46. The molecule has 0 spiro atoms. The molecule has 0 saturated carbocycles. The quantitative estimate of drug-likeness (QED) is 0.565. The van der Waals surface area contributed by atoms with E-state index in [1.165, 1.54) is 0 Å². The van der Waals surface area contributed by atoms with Gasteiger partial charge in [0.1, 0.15) is 6.17 Å². The van der Waals surface area contributed by atoms with Crippen molar-refractivity contribution in [2.45, 2.75) is 12.6 Å². The Kier molecular flexibility index (Phi) is 5.61. The van der Waals surface area contributed by atoms with Crippen LogP contribution in [0.5, 0.6) is 0 Å². The zero-order valence-electron chi connectivity index (χ0n) is 13.5. The van der Waals surface area contributed by atoms with Gasteiger partial charge in [0.25, 0.3) is 5.91 Å². The Morgan fingerprint density at radius 1 is 0.920 bits per heavy atom. The first-order valence-electron chi connectivity index (χ1n) is 7.97. The van der Waals surface area contributed by atoms with Gasteiger partial charge in [0, 0.05) is 22.1 Å². The van der Waals surface area contributed by atoms with E-state index in [0.29, 0.717) is 16.8 Å². The average Bonchev–Trinajstić information content (AvgIpc) is 2.64. The number of alkyl halides is 1. The van der Waals surface area contributed by atoms with E-state index < -0.39 is 6.17 Å². The van der Waals surface area contributed by atoms with Crippen molar-refractivity contribution in [1.29, 1.82) is 0 Å². The minimum absolute atomic E-state index is 0.225. The molecular weight excluding hydrogens is 381 g/mol. The summed E-state index contributed by atoms with van der Waals surface area (Å²) in [4.78, 5) is 12.6. The van der Waals surface area contributed by atoms with E-state index >= 15 is 0 Å². The highest BCUT2D eigenvalue weighted by Gasteiger charge is 2.19. The van der Waals surface area contributed by atoms with Crippen molar-refractivity contribution in [2.75, 3.05) is 5.32 Å². The van der Waals surface area contributed by atoms with Crippen LogP contribution in [0.2, 0.25) is 0 Å². The van der Waals surface area contributed by atoms with E-state index in [1.54, 1.807) is 36.4 Å². The van der Waals surface area contributed by atoms with Gasteiger partial charge in [-0.05, 0) is 41.5 Å². The van der Waals surface area contributed by atoms with Crippen LogP contribution in [0, 0.1) is 0 Å². The number of nitrogens with one attached hydrogen (secondary N) is 1. The number of hydrogen-bond acceptors (Lipinski definition) is 1. The van der Waals surface area contributed by atoms with Crippen molar-refractivity contribution in [2.24, 2.45) is 0 Å². The van der Waals surface area contributed by atoms with Gasteiger partial charge in [0.15, 0.2) is 0 Å². The largest absolute Gasteiger partial charge is 0.322 e. The molecule has 0 aliphatic heterocycles. The van der Waals surface area contributed by atoms with Gasteiger partial charge in [-0.25, -0.2) is 4.39 Å². The fourth-order valence-electron chi connectivity index (χ4n) is 2.63. The standard InChI is InChI=1S/C21H17BrFNO/c22-16-12-10-15(11-13-16)14-20(23)18-8-4-5-9-19(18)21(25)24-17-6-2-1-3-7-17/h1-13,20H,14H2,(H,24,25)/t20-/m1/s1. The molecule has 0 fully saturated rings. The zero-order chi connectivity index (χ0) is 17.6. The minimum atomic E-state index is -1.25. The van der Waals surface area contributed by atoms with E-state index in [-0.39, 0.29) is 12.3 Å². The predicted octanol–water partition coefficient (Wildman–Crippen LogP) is 5.95. The highest BCUT2D eigenvalue weighted by molar-refractivity contribution is 9.10. The molecule has 0 aromatic heterocycles. The lowest BCUT2D eigenvalue weighted by Crippen LogP contribution is -2.15. The summed E-state index contributed by atoms with van der Waals surface area (Å²) in [5, 5.41) is 2.81. The van der Waals surface area contributed by atoms with Crippen molar-refractivity contribution in [1.82, 2.24) is 0 Å². The van der Waals surface area contributed by atoms with Crippen LogP contribution < -0.4 is 5.32 Å². The van der Waals surface area contributed by atoms with Crippen LogP contribution in [-0.2, 0) is 6.42 Å². The second-order valence-electron chi connectivity index (χ2n) is 5.71. The third kappa shape index (κ3) is 4.54. The Balaban J connectivity index is 1.80. The molecule has 25 heavy (non-hydrogen) atoms. The number of hydrogen-bond donors (Lipinski definition) is 1. The Morgan fingerprint density at radius 3 is 2.28 bits per heavy atom. The summed E-state index contributed by atoms with van der Waals surface area (Å²) in [6.45, 7) is 0. The molecule has 0 radical (unpaired) electrons. The third-order valence-corrected chi connectivity index (χ3v) is 4.43. The molecule has 126 valence electrons. The second-order valence-corrected chi connectivity index (χ2v) is 6.62. The van der Waals surface area contributed by atoms with E-state index in [0.717, 1.165) is 10.0 Å². The van der Waals surface area contributed by atoms with Crippen molar-refractivity contribution >= 4 is 27.5 Å². The number of carbonyl (C=O) groups excluding carboxylic acids is 1. The number of rotatable bonds is 5. The van der Waals surface area contributed by atoms with Crippen LogP contribution in [0.15, 0.2) is 83.3 Å². The molecule has 0 heterocycles. The smallest absolute Gasteiger partial charge is 0.256 e. The van der Waals surface area contributed by atoms with Gasteiger partial charge >= 0.3 is 0 Å². The highest BCUT2D eigenvalue weighted by atomic mass is 79.9. The van der Waals surface area contributed by atoms with Crippen LogP contribution in [-0.4, -0.2) is 5.91 Å². The molecule has 3 aromatic rings. The van der Waals surface area contributed by atoms with E-state index in [4.69, 9.17) is 0 Å². The molecule has 1 N–H and O–H groups in total. The molecule has 0 unspecified atom stereocenters. The predicted molar refractivity (Wildman–Crippen MR) is 103 cm³/mol. The van der Waals surface area contributed by atoms with Crippen molar-refractivity contribution in [3.05, 3.63) is 100 Å². The SMILES string of the molecule is O=C(Nc1ccccc1)c1ccccc1[C@H](F)Cc1ccc(Br)cc1. The Bertz CT molecular complexity index is 849. The van der Waals surface area contributed by atoms with Crippen LogP contribution in [0.1, 0.15) is 27.7 Å². The first-order valence-corrected chi connectivity index (χ1v) is 8.76. The van der Waals surface area contributed by atoms with Crippen molar-refractivity contribution in [3.8, 4) is 0 Å². The van der Waals surface area contributed by atoms with Gasteiger partial charge in [0.05, 0.1) is 0 Å². The van der Waals surface area contributed by atoms with Gasteiger partial charge in [0.2, 0.25) is 0 Å².